The molecule has 1 atom stereocenters. The van der Waals surface area contributed by atoms with Crippen LogP contribution in [0.2, 0.25) is 0 Å². The predicted molar refractivity (Wildman–Crippen MR) is 72.5 cm³/mol. The first-order chi connectivity index (χ1) is 9.08. The summed E-state index contributed by atoms with van der Waals surface area (Å²) in [5, 5.41) is 0. The zero-order valence-corrected chi connectivity index (χ0v) is 11.5. The van der Waals surface area contributed by atoms with Gasteiger partial charge >= 0.3 is 0 Å². The number of ketones is 1. The SMILES string of the molecule is CC(C)C(=O)C1CCc2nc(N)c3c(c2C1)COC3. The molecule has 2 N–H and O–H groups in total. The van der Waals surface area contributed by atoms with Crippen molar-refractivity contribution >= 4 is 11.6 Å². The molecule has 2 aliphatic rings. The van der Waals surface area contributed by atoms with Crippen molar-refractivity contribution in [2.45, 2.75) is 46.3 Å². The quantitative estimate of drug-likeness (QED) is 0.883. The lowest BCUT2D eigenvalue weighted by molar-refractivity contribution is -0.126. The largest absolute Gasteiger partial charge is 0.383 e. The van der Waals surface area contributed by atoms with E-state index in [1.165, 1.54) is 11.1 Å². The highest BCUT2D eigenvalue weighted by molar-refractivity contribution is 5.83. The standard InChI is InChI=1S/C15H20N2O2/c1-8(2)14(18)9-3-4-13-10(5-9)11-6-19-7-12(11)15(16)17-13/h8-9H,3-7H2,1-2H3,(H2,16,17). The molecule has 102 valence electrons. The minimum Gasteiger partial charge on any atom is -0.383 e. The zero-order valence-electron chi connectivity index (χ0n) is 11.5. The summed E-state index contributed by atoms with van der Waals surface area (Å²) >= 11 is 0. The number of fused-ring (bicyclic) bond motifs is 3. The Labute approximate surface area is 113 Å². The van der Waals surface area contributed by atoms with Gasteiger partial charge in [0.1, 0.15) is 11.6 Å². The first kappa shape index (κ1) is 12.6. The Morgan fingerprint density at radius 1 is 1.32 bits per heavy atom. The number of nitrogens with zero attached hydrogens (tertiary/aromatic N) is 1. The number of anilines is 1. The maximum Gasteiger partial charge on any atom is 0.138 e. The van der Waals surface area contributed by atoms with Crippen LogP contribution in [0.5, 0.6) is 0 Å². The fourth-order valence-electron chi connectivity index (χ4n) is 3.20. The van der Waals surface area contributed by atoms with Gasteiger partial charge in [-0.05, 0) is 30.4 Å². The Morgan fingerprint density at radius 2 is 2.05 bits per heavy atom. The molecule has 0 saturated heterocycles. The third-order valence-corrected chi connectivity index (χ3v) is 4.29. The molecule has 1 aliphatic heterocycles. The number of Topliss-reactive ketones (excluding diaryl/α,β-unsaturated/α-hetero) is 1. The van der Waals surface area contributed by atoms with Gasteiger partial charge in [0.25, 0.3) is 0 Å². The summed E-state index contributed by atoms with van der Waals surface area (Å²) in [5.74, 6) is 1.23. The molecule has 4 nitrogen and oxygen atoms in total. The van der Waals surface area contributed by atoms with Gasteiger partial charge in [-0.25, -0.2) is 4.98 Å². The van der Waals surface area contributed by atoms with Crippen LogP contribution in [0.25, 0.3) is 0 Å². The second-order valence-electron chi connectivity index (χ2n) is 5.87. The summed E-state index contributed by atoms with van der Waals surface area (Å²) in [4.78, 5) is 16.7. The molecule has 1 aromatic rings. The second kappa shape index (κ2) is 4.60. The monoisotopic (exact) mass is 260 g/mol. The van der Waals surface area contributed by atoms with Gasteiger partial charge in [0.2, 0.25) is 0 Å². The van der Waals surface area contributed by atoms with E-state index < -0.39 is 0 Å². The van der Waals surface area contributed by atoms with Crippen LogP contribution < -0.4 is 5.73 Å². The van der Waals surface area contributed by atoms with Crippen LogP contribution >= 0.6 is 0 Å². The normalized spacial score (nSPS) is 21.3. The van der Waals surface area contributed by atoms with E-state index in [-0.39, 0.29) is 11.8 Å². The van der Waals surface area contributed by atoms with Crippen molar-refractivity contribution in [1.82, 2.24) is 4.98 Å². The molecule has 0 fully saturated rings. The minimum absolute atomic E-state index is 0.109. The number of hydrogen-bond acceptors (Lipinski definition) is 4. The molecule has 19 heavy (non-hydrogen) atoms. The van der Waals surface area contributed by atoms with Gasteiger partial charge in [-0.1, -0.05) is 13.8 Å². The molecule has 0 spiro atoms. The highest BCUT2D eigenvalue weighted by Crippen LogP contribution is 2.35. The molecule has 0 aromatic carbocycles. The Bertz CT molecular complexity index is 537. The van der Waals surface area contributed by atoms with Gasteiger partial charge in [0.15, 0.2) is 0 Å². The molecule has 1 aromatic heterocycles. The lowest BCUT2D eigenvalue weighted by Gasteiger charge is -2.26. The Kier molecular flexibility index (Phi) is 3.05. The number of nitrogen functional groups attached to an aromatic ring is 1. The average Bonchev–Trinajstić information content (AvgIpc) is 2.87. The fraction of sp³-hybridized carbons (Fsp3) is 0.600. The smallest absolute Gasteiger partial charge is 0.138 e. The lowest BCUT2D eigenvalue weighted by Crippen LogP contribution is -2.27. The highest BCUT2D eigenvalue weighted by Gasteiger charge is 2.31. The number of hydrogen-bond donors (Lipinski definition) is 1. The Balaban J connectivity index is 1.97. The van der Waals surface area contributed by atoms with Crippen LogP contribution in [0, 0.1) is 11.8 Å². The summed E-state index contributed by atoms with van der Waals surface area (Å²) in [5.41, 5.74) is 10.5. The van der Waals surface area contributed by atoms with Crippen molar-refractivity contribution in [3.05, 3.63) is 22.4 Å². The topological polar surface area (TPSA) is 65.2 Å². The first-order valence-corrected chi connectivity index (χ1v) is 6.98. The third kappa shape index (κ3) is 2.04. The number of carbonyl (C=O) groups is 1. The van der Waals surface area contributed by atoms with E-state index in [9.17, 15) is 4.79 Å². The molecular formula is C15H20N2O2. The minimum atomic E-state index is 0.109. The number of carbonyl (C=O) groups excluding carboxylic acids is 1. The summed E-state index contributed by atoms with van der Waals surface area (Å²) in [7, 11) is 0. The van der Waals surface area contributed by atoms with E-state index in [1.54, 1.807) is 0 Å². The molecule has 2 heterocycles. The molecular weight excluding hydrogens is 240 g/mol. The van der Waals surface area contributed by atoms with Gasteiger partial charge in [-0.2, -0.15) is 0 Å². The van der Waals surface area contributed by atoms with Crippen molar-refractivity contribution in [2.75, 3.05) is 5.73 Å². The maximum absolute atomic E-state index is 12.2. The predicted octanol–water partition coefficient (Wildman–Crippen LogP) is 2.02. The van der Waals surface area contributed by atoms with Crippen LogP contribution in [-0.2, 0) is 35.6 Å². The molecule has 4 heteroatoms. The van der Waals surface area contributed by atoms with E-state index in [2.05, 4.69) is 4.98 Å². The summed E-state index contributed by atoms with van der Waals surface area (Å²) in [6.45, 7) is 5.14. The van der Waals surface area contributed by atoms with Crippen molar-refractivity contribution < 1.29 is 9.53 Å². The van der Waals surface area contributed by atoms with E-state index in [0.717, 1.165) is 30.5 Å². The molecule has 0 amide bonds. The second-order valence-corrected chi connectivity index (χ2v) is 5.87. The van der Waals surface area contributed by atoms with E-state index in [4.69, 9.17) is 10.5 Å². The number of aromatic nitrogens is 1. The van der Waals surface area contributed by atoms with Gasteiger partial charge in [0.05, 0.1) is 13.2 Å². The van der Waals surface area contributed by atoms with Crippen LogP contribution in [0.1, 0.15) is 42.7 Å². The number of pyridine rings is 1. The molecule has 1 aliphatic carbocycles. The van der Waals surface area contributed by atoms with Crippen molar-refractivity contribution in [3.8, 4) is 0 Å². The van der Waals surface area contributed by atoms with Crippen LogP contribution in [0.15, 0.2) is 0 Å². The maximum atomic E-state index is 12.2. The average molecular weight is 260 g/mol. The van der Waals surface area contributed by atoms with Gasteiger partial charge in [-0.3, -0.25) is 4.79 Å². The summed E-state index contributed by atoms with van der Waals surface area (Å²) in [6.07, 6.45) is 2.57. The number of nitrogens with two attached hydrogens (primary N) is 1. The highest BCUT2D eigenvalue weighted by atomic mass is 16.5. The van der Waals surface area contributed by atoms with Crippen LogP contribution in [0.4, 0.5) is 5.82 Å². The molecule has 0 radical (unpaired) electrons. The van der Waals surface area contributed by atoms with Crippen molar-refractivity contribution in [2.24, 2.45) is 11.8 Å². The lowest BCUT2D eigenvalue weighted by atomic mass is 9.79. The molecule has 3 rings (SSSR count). The van der Waals surface area contributed by atoms with Gasteiger partial charge in [-0.15, -0.1) is 0 Å². The van der Waals surface area contributed by atoms with E-state index >= 15 is 0 Å². The van der Waals surface area contributed by atoms with Crippen molar-refractivity contribution in [1.29, 1.82) is 0 Å². The number of aryl methyl sites for hydroxylation is 1. The van der Waals surface area contributed by atoms with Gasteiger partial charge in [0, 0.05) is 23.1 Å². The van der Waals surface area contributed by atoms with Crippen LogP contribution in [0.3, 0.4) is 0 Å². The number of rotatable bonds is 2. The summed E-state index contributed by atoms with van der Waals surface area (Å²) < 4.78 is 5.50. The van der Waals surface area contributed by atoms with E-state index in [0.29, 0.717) is 24.8 Å². The third-order valence-electron chi connectivity index (χ3n) is 4.29. The molecule has 0 saturated carbocycles. The van der Waals surface area contributed by atoms with E-state index in [1.807, 2.05) is 13.8 Å². The molecule has 0 bridgehead atoms. The van der Waals surface area contributed by atoms with Crippen molar-refractivity contribution in [3.63, 3.8) is 0 Å². The molecule has 1 unspecified atom stereocenters. The number of ether oxygens (including phenoxy) is 1. The fourth-order valence-corrected chi connectivity index (χ4v) is 3.20. The van der Waals surface area contributed by atoms with Crippen LogP contribution in [-0.4, -0.2) is 10.8 Å². The Morgan fingerprint density at radius 3 is 2.79 bits per heavy atom. The first-order valence-electron chi connectivity index (χ1n) is 6.98. The zero-order chi connectivity index (χ0) is 13.6. The van der Waals surface area contributed by atoms with Gasteiger partial charge < -0.3 is 10.5 Å². The summed E-state index contributed by atoms with van der Waals surface area (Å²) in [6, 6.07) is 0. The Hall–Kier alpha value is -1.42.